The second kappa shape index (κ2) is 4.83. The molecule has 0 atom stereocenters. The minimum Gasteiger partial charge on any atom is -0.504 e. The Morgan fingerprint density at radius 2 is 1.93 bits per heavy atom. The molecule has 0 radical (unpaired) electrons. The monoisotopic (exact) mass is 275 g/mol. The number of hydrogen-bond acceptors (Lipinski definition) is 4. The molecule has 0 saturated heterocycles. The number of benzene rings is 1. The quantitative estimate of drug-likeness (QED) is 0.830. The summed E-state index contributed by atoms with van der Waals surface area (Å²) in [4.78, 5) is 4.55. The molecule has 0 unspecified atom stereocenters. The molecule has 0 saturated carbocycles. The molecule has 3 N–H and O–H groups in total. The molecule has 1 rings (SSSR count). The third kappa shape index (κ3) is 2.09. The molecule has 0 fully saturated rings. The van der Waals surface area contributed by atoms with E-state index >= 15 is 0 Å². The third-order valence-corrected chi connectivity index (χ3v) is 3.57. The first-order valence-corrected chi connectivity index (χ1v) is 5.20. The summed E-state index contributed by atoms with van der Waals surface area (Å²) in [6, 6.07) is 0. The van der Waals surface area contributed by atoms with E-state index < -0.39 is 0 Å². The fourth-order valence-corrected chi connectivity index (χ4v) is 1.93. The van der Waals surface area contributed by atoms with E-state index in [1.54, 1.807) is 0 Å². The first-order valence-electron chi connectivity index (χ1n) is 4.40. The summed E-state index contributed by atoms with van der Waals surface area (Å²) in [5.41, 5.74) is 2.39. The molecule has 0 aliphatic rings. The number of methoxy groups -OCH3 is 1. The van der Waals surface area contributed by atoms with Crippen molar-refractivity contribution in [2.24, 2.45) is 5.90 Å². The molecule has 0 aliphatic carbocycles. The lowest BCUT2D eigenvalue weighted by atomic mass is 10.0. The normalized spacial score (nSPS) is 10.5. The number of aromatic hydroxyl groups is 1. The zero-order valence-electron chi connectivity index (χ0n) is 8.93. The van der Waals surface area contributed by atoms with Gasteiger partial charge in [0.2, 0.25) is 0 Å². The van der Waals surface area contributed by atoms with Crippen LogP contribution in [0.3, 0.4) is 0 Å². The average molecular weight is 276 g/mol. The van der Waals surface area contributed by atoms with Crippen LogP contribution < -0.4 is 10.6 Å². The molecule has 15 heavy (non-hydrogen) atoms. The van der Waals surface area contributed by atoms with Crippen LogP contribution in [0.15, 0.2) is 4.47 Å². The summed E-state index contributed by atoms with van der Waals surface area (Å²) in [6.45, 7) is 3.89. The standard InChI is InChI=1S/C10H14BrNO3/c1-5-7(4-15-12)9(13)10(14-3)6(2)8(5)11/h13H,4,12H2,1-3H3. The number of halogens is 1. The Balaban J connectivity index is 3.45. The Kier molecular flexibility index (Phi) is 3.96. The van der Waals surface area contributed by atoms with Gasteiger partial charge in [0.15, 0.2) is 11.5 Å². The van der Waals surface area contributed by atoms with Gasteiger partial charge in [-0.2, -0.15) is 0 Å². The van der Waals surface area contributed by atoms with Crippen LogP contribution in [0.4, 0.5) is 0 Å². The van der Waals surface area contributed by atoms with Crippen molar-refractivity contribution >= 4 is 15.9 Å². The number of phenolic OH excluding ortho intramolecular Hbond substituents is 1. The molecule has 4 nitrogen and oxygen atoms in total. The highest BCUT2D eigenvalue weighted by Crippen LogP contribution is 2.41. The average Bonchev–Trinajstić information content (AvgIpc) is 2.22. The summed E-state index contributed by atoms with van der Waals surface area (Å²) >= 11 is 3.44. The zero-order chi connectivity index (χ0) is 11.6. The smallest absolute Gasteiger partial charge is 0.164 e. The summed E-state index contributed by atoms with van der Waals surface area (Å²) < 4.78 is 6.01. The Morgan fingerprint density at radius 1 is 1.33 bits per heavy atom. The van der Waals surface area contributed by atoms with Crippen LogP contribution in [0.5, 0.6) is 11.5 Å². The van der Waals surface area contributed by atoms with Crippen LogP contribution in [-0.4, -0.2) is 12.2 Å². The lowest BCUT2D eigenvalue weighted by Crippen LogP contribution is -2.04. The molecule has 0 heterocycles. The zero-order valence-corrected chi connectivity index (χ0v) is 10.5. The van der Waals surface area contributed by atoms with E-state index in [4.69, 9.17) is 10.6 Å². The molecule has 1 aromatic carbocycles. The minimum atomic E-state index is 0.0844. The van der Waals surface area contributed by atoms with Gasteiger partial charge in [0.25, 0.3) is 0 Å². The second-order valence-electron chi connectivity index (χ2n) is 3.24. The van der Waals surface area contributed by atoms with Crippen molar-refractivity contribution in [3.8, 4) is 11.5 Å². The molecular formula is C10H14BrNO3. The van der Waals surface area contributed by atoms with Gasteiger partial charge in [0.1, 0.15) is 0 Å². The van der Waals surface area contributed by atoms with Gasteiger partial charge in [-0.05, 0) is 19.4 Å². The number of hydrogen-bond donors (Lipinski definition) is 2. The fraction of sp³-hybridized carbons (Fsp3) is 0.400. The van der Waals surface area contributed by atoms with Crippen LogP contribution in [0.1, 0.15) is 16.7 Å². The Hall–Kier alpha value is -0.780. The number of rotatable bonds is 3. The minimum absolute atomic E-state index is 0.0844. The highest BCUT2D eigenvalue weighted by molar-refractivity contribution is 9.10. The lowest BCUT2D eigenvalue weighted by Gasteiger charge is -2.16. The SMILES string of the molecule is COc1c(C)c(Br)c(C)c(CON)c1O. The maximum Gasteiger partial charge on any atom is 0.164 e. The first-order chi connectivity index (χ1) is 7.04. The number of phenols is 1. The van der Waals surface area contributed by atoms with E-state index in [0.29, 0.717) is 11.3 Å². The van der Waals surface area contributed by atoms with Crippen LogP contribution >= 0.6 is 15.9 Å². The van der Waals surface area contributed by atoms with Gasteiger partial charge in [0.05, 0.1) is 13.7 Å². The van der Waals surface area contributed by atoms with Crippen LogP contribution in [0.2, 0.25) is 0 Å². The molecular weight excluding hydrogens is 262 g/mol. The largest absolute Gasteiger partial charge is 0.504 e. The van der Waals surface area contributed by atoms with E-state index in [9.17, 15) is 5.11 Å². The van der Waals surface area contributed by atoms with E-state index in [0.717, 1.165) is 15.6 Å². The van der Waals surface area contributed by atoms with Crippen molar-refractivity contribution in [1.82, 2.24) is 0 Å². The Morgan fingerprint density at radius 3 is 2.40 bits per heavy atom. The maximum absolute atomic E-state index is 9.92. The lowest BCUT2D eigenvalue weighted by molar-refractivity contribution is 0.121. The highest BCUT2D eigenvalue weighted by atomic mass is 79.9. The summed E-state index contributed by atoms with van der Waals surface area (Å²) in [6.07, 6.45) is 0. The van der Waals surface area contributed by atoms with Crippen molar-refractivity contribution in [2.45, 2.75) is 20.5 Å². The highest BCUT2D eigenvalue weighted by Gasteiger charge is 2.18. The van der Waals surface area contributed by atoms with Gasteiger partial charge in [0, 0.05) is 15.6 Å². The van der Waals surface area contributed by atoms with Crippen molar-refractivity contribution in [1.29, 1.82) is 0 Å². The predicted molar refractivity (Wildman–Crippen MR) is 60.8 cm³/mol. The van der Waals surface area contributed by atoms with Crippen molar-refractivity contribution < 1.29 is 14.7 Å². The molecule has 0 aromatic heterocycles. The molecule has 84 valence electrons. The van der Waals surface area contributed by atoms with E-state index in [1.165, 1.54) is 7.11 Å². The molecule has 0 spiro atoms. The maximum atomic E-state index is 9.92. The fourth-order valence-electron chi connectivity index (χ4n) is 1.52. The molecule has 0 bridgehead atoms. The number of ether oxygens (including phenoxy) is 1. The summed E-state index contributed by atoms with van der Waals surface area (Å²) in [7, 11) is 1.51. The van der Waals surface area contributed by atoms with E-state index in [-0.39, 0.29) is 12.4 Å². The summed E-state index contributed by atoms with van der Waals surface area (Å²) in [5.74, 6) is 5.54. The molecule has 0 amide bonds. The van der Waals surface area contributed by atoms with Gasteiger partial charge in [-0.3, -0.25) is 4.84 Å². The molecule has 5 heteroatoms. The van der Waals surface area contributed by atoms with E-state index in [1.807, 2.05) is 13.8 Å². The molecule has 0 aliphatic heterocycles. The van der Waals surface area contributed by atoms with Crippen LogP contribution in [-0.2, 0) is 11.4 Å². The third-order valence-electron chi connectivity index (χ3n) is 2.38. The number of nitrogens with two attached hydrogens (primary N) is 1. The van der Waals surface area contributed by atoms with Gasteiger partial charge < -0.3 is 9.84 Å². The topological polar surface area (TPSA) is 64.7 Å². The first kappa shape index (κ1) is 12.3. The van der Waals surface area contributed by atoms with Gasteiger partial charge in [-0.25, -0.2) is 5.90 Å². The van der Waals surface area contributed by atoms with Gasteiger partial charge in [-0.15, -0.1) is 0 Å². The van der Waals surface area contributed by atoms with Crippen LogP contribution in [0.25, 0.3) is 0 Å². The van der Waals surface area contributed by atoms with Gasteiger partial charge in [-0.1, -0.05) is 15.9 Å². The van der Waals surface area contributed by atoms with Crippen LogP contribution in [0, 0.1) is 13.8 Å². The summed E-state index contributed by atoms with van der Waals surface area (Å²) in [5, 5.41) is 9.92. The molecule has 1 aromatic rings. The Labute approximate surface area is 97.1 Å². The van der Waals surface area contributed by atoms with Gasteiger partial charge >= 0.3 is 0 Å². The Bertz CT molecular complexity index is 380. The van der Waals surface area contributed by atoms with Crippen molar-refractivity contribution in [3.05, 3.63) is 21.2 Å². The van der Waals surface area contributed by atoms with Crippen molar-refractivity contribution in [3.63, 3.8) is 0 Å². The predicted octanol–water partition coefficient (Wildman–Crippen LogP) is 2.17. The van der Waals surface area contributed by atoms with Crippen molar-refractivity contribution in [2.75, 3.05) is 7.11 Å². The second-order valence-corrected chi connectivity index (χ2v) is 4.03. The van der Waals surface area contributed by atoms with E-state index in [2.05, 4.69) is 20.8 Å².